The molecule has 0 amide bonds. The van der Waals surface area contributed by atoms with E-state index < -0.39 is 0 Å². The molecule has 9 rings (SSSR count). The van der Waals surface area contributed by atoms with Crippen molar-refractivity contribution >= 4 is 65.8 Å². The quantitative estimate of drug-likeness (QED) is 0.232. The van der Waals surface area contributed by atoms with E-state index in [0.717, 1.165) is 44.2 Å². The van der Waals surface area contributed by atoms with Crippen molar-refractivity contribution in [3.05, 3.63) is 127 Å². The van der Waals surface area contributed by atoms with E-state index >= 15 is 0 Å². The van der Waals surface area contributed by atoms with Crippen molar-refractivity contribution < 1.29 is 4.42 Å². The zero-order valence-electron chi connectivity index (χ0n) is 21.4. The van der Waals surface area contributed by atoms with E-state index in [4.69, 9.17) is 14.4 Å². The Balaban J connectivity index is 1.30. The maximum Gasteiger partial charge on any atom is 0.246 e. The summed E-state index contributed by atoms with van der Waals surface area (Å²) in [5, 5.41) is 5.92. The molecule has 0 N–H and O–H groups in total. The standard InChI is InChI=1S/C36H21N3O/c1-2-10-25-22(8-1)9-7-12-26(25)23-16-18-33-28(20-23)27-11-3-6-15-32(27)39(33)24-17-19-34-29(21-24)35-36(40-34)38-31-14-5-4-13-30(31)37-35/h1-21H. The lowest BCUT2D eigenvalue weighted by atomic mass is 9.97. The number of benzene rings is 6. The predicted molar refractivity (Wildman–Crippen MR) is 164 cm³/mol. The summed E-state index contributed by atoms with van der Waals surface area (Å²) in [6.45, 7) is 0. The second-order valence-electron chi connectivity index (χ2n) is 10.3. The lowest BCUT2D eigenvalue weighted by Crippen LogP contribution is -1.93. The Kier molecular flexibility index (Phi) is 4.30. The van der Waals surface area contributed by atoms with Gasteiger partial charge in [-0.1, -0.05) is 78.9 Å². The summed E-state index contributed by atoms with van der Waals surface area (Å²) in [6, 6.07) is 44.8. The minimum absolute atomic E-state index is 0.563. The van der Waals surface area contributed by atoms with Gasteiger partial charge in [-0.2, -0.15) is 0 Å². The number of hydrogen-bond acceptors (Lipinski definition) is 3. The smallest absolute Gasteiger partial charge is 0.246 e. The summed E-state index contributed by atoms with van der Waals surface area (Å²) in [5.74, 6) is 0. The fourth-order valence-corrected chi connectivity index (χ4v) is 6.16. The lowest BCUT2D eigenvalue weighted by Gasteiger charge is -2.10. The van der Waals surface area contributed by atoms with Crippen LogP contribution in [0.4, 0.5) is 0 Å². The number of para-hydroxylation sites is 3. The molecule has 6 aromatic carbocycles. The highest BCUT2D eigenvalue weighted by atomic mass is 16.3. The Morgan fingerprint density at radius 3 is 2.20 bits per heavy atom. The van der Waals surface area contributed by atoms with E-state index in [0.29, 0.717) is 5.71 Å². The average molecular weight is 512 g/mol. The number of nitrogens with zero attached hydrogens (tertiary/aromatic N) is 3. The van der Waals surface area contributed by atoms with Gasteiger partial charge in [0.2, 0.25) is 5.71 Å². The molecule has 0 aliphatic rings. The van der Waals surface area contributed by atoms with Gasteiger partial charge in [0, 0.05) is 16.5 Å². The molecule has 0 atom stereocenters. The molecule has 0 radical (unpaired) electrons. The van der Waals surface area contributed by atoms with E-state index in [1.54, 1.807) is 0 Å². The Morgan fingerprint density at radius 2 is 1.27 bits per heavy atom. The fourth-order valence-electron chi connectivity index (χ4n) is 6.16. The van der Waals surface area contributed by atoms with Crippen molar-refractivity contribution in [2.24, 2.45) is 0 Å². The van der Waals surface area contributed by atoms with Crippen LogP contribution in [0, 0.1) is 0 Å². The monoisotopic (exact) mass is 511 g/mol. The van der Waals surface area contributed by atoms with Crippen LogP contribution in [0.5, 0.6) is 0 Å². The topological polar surface area (TPSA) is 43.9 Å². The van der Waals surface area contributed by atoms with Crippen LogP contribution in [0.25, 0.3) is 82.6 Å². The SMILES string of the molecule is c1ccc2c(-c3ccc4c(c3)c3ccccc3n4-c3ccc4oc5nc6ccccc6nc5c4c3)cccc2c1. The second kappa shape index (κ2) is 8.01. The molecule has 0 aliphatic heterocycles. The highest BCUT2D eigenvalue weighted by molar-refractivity contribution is 6.12. The summed E-state index contributed by atoms with van der Waals surface area (Å²) in [4.78, 5) is 9.65. The summed E-state index contributed by atoms with van der Waals surface area (Å²) in [7, 11) is 0. The van der Waals surface area contributed by atoms with Gasteiger partial charge < -0.3 is 8.98 Å². The molecule has 186 valence electrons. The van der Waals surface area contributed by atoms with Crippen molar-refractivity contribution in [1.82, 2.24) is 14.5 Å². The first kappa shape index (κ1) is 21.5. The van der Waals surface area contributed by atoms with Crippen LogP contribution in [-0.4, -0.2) is 14.5 Å². The minimum atomic E-state index is 0.563. The minimum Gasteiger partial charge on any atom is -0.436 e. The predicted octanol–water partition coefficient (Wildman–Crippen LogP) is 9.45. The normalized spacial score (nSPS) is 12.0. The highest BCUT2D eigenvalue weighted by Crippen LogP contribution is 2.38. The van der Waals surface area contributed by atoms with E-state index in [2.05, 4.69) is 102 Å². The molecule has 3 heterocycles. The molecule has 40 heavy (non-hydrogen) atoms. The Hall–Kier alpha value is -5.48. The van der Waals surface area contributed by atoms with Crippen LogP contribution < -0.4 is 0 Å². The van der Waals surface area contributed by atoms with E-state index in [9.17, 15) is 0 Å². The lowest BCUT2D eigenvalue weighted by molar-refractivity contribution is 0.655. The first-order valence-corrected chi connectivity index (χ1v) is 13.4. The summed E-state index contributed by atoms with van der Waals surface area (Å²) in [5.41, 5.74) is 9.67. The molecule has 3 aromatic heterocycles. The highest BCUT2D eigenvalue weighted by Gasteiger charge is 2.17. The van der Waals surface area contributed by atoms with Gasteiger partial charge in [0.25, 0.3) is 0 Å². The third-order valence-corrected chi connectivity index (χ3v) is 7.99. The number of hydrogen-bond donors (Lipinski definition) is 0. The maximum atomic E-state index is 6.12. The molecular formula is C36H21N3O. The molecule has 9 aromatic rings. The summed E-state index contributed by atoms with van der Waals surface area (Å²) >= 11 is 0. The molecule has 0 saturated carbocycles. The van der Waals surface area contributed by atoms with Crippen molar-refractivity contribution in [3.63, 3.8) is 0 Å². The number of fused-ring (bicyclic) bond motifs is 8. The van der Waals surface area contributed by atoms with Crippen LogP contribution in [0.15, 0.2) is 132 Å². The largest absolute Gasteiger partial charge is 0.436 e. The maximum absolute atomic E-state index is 6.12. The molecule has 0 bridgehead atoms. The molecule has 4 nitrogen and oxygen atoms in total. The van der Waals surface area contributed by atoms with Gasteiger partial charge >= 0.3 is 0 Å². The molecule has 0 spiro atoms. The molecule has 0 fully saturated rings. The van der Waals surface area contributed by atoms with Gasteiger partial charge in [0.05, 0.1) is 27.5 Å². The van der Waals surface area contributed by atoms with Crippen molar-refractivity contribution in [2.45, 2.75) is 0 Å². The van der Waals surface area contributed by atoms with Crippen LogP contribution in [0.2, 0.25) is 0 Å². The van der Waals surface area contributed by atoms with Gasteiger partial charge in [-0.3, -0.25) is 0 Å². The van der Waals surface area contributed by atoms with Gasteiger partial charge in [-0.05, 0) is 70.4 Å². The van der Waals surface area contributed by atoms with Crippen LogP contribution in [0.1, 0.15) is 0 Å². The number of furan rings is 1. The van der Waals surface area contributed by atoms with Gasteiger partial charge in [0.15, 0.2) is 0 Å². The molecule has 0 aliphatic carbocycles. The van der Waals surface area contributed by atoms with Crippen LogP contribution in [-0.2, 0) is 0 Å². The Labute approximate surface area is 228 Å². The van der Waals surface area contributed by atoms with Crippen molar-refractivity contribution in [1.29, 1.82) is 0 Å². The molecule has 4 heteroatoms. The molecule has 0 unspecified atom stereocenters. The van der Waals surface area contributed by atoms with Crippen LogP contribution in [0.3, 0.4) is 0 Å². The first-order chi connectivity index (χ1) is 19.8. The van der Waals surface area contributed by atoms with Crippen LogP contribution >= 0.6 is 0 Å². The summed E-state index contributed by atoms with van der Waals surface area (Å²) in [6.07, 6.45) is 0. The second-order valence-corrected chi connectivity index (χ2v) is 10.3. The number of aromatic nitrogens is 3. The van der Waals surface area contributed by atoms with Gasteiger partial charge in [-0.15, -0.1) is 0 Å². The van der Waals surface area contributed by atoms with Crippen molar-refractivity contribution in [3.8, 4) is 16.8 Å². The van der Waals surface area contributed by atoms with E-state index in [-0.39, 0.29) is 0 Å². The van der Waals surface area contributed by atoms with E-state index in [1.165, 1.54) is 32.7 Å². The summed E-state index contributed by atoms with van der Waals surface area (Å²) < 4.78 is 8.46. The molecular weight excluding hydrogens is 490 g/mol. The molecule has 0 saturated heterocycles. The van der Waals surface area contributed by atoms with Gasteiger partial charge in [0.1, 0.15) is 11.1 Å². The fraction of sp³-hybridized carbons (Fsp3) is 0. The zero-order chi connectivity index (χ0) is 26.2. The Bertz CT molecular complexity index is 2440. The third kappa shape index (κ3) is 3.01. The first-order valence-electron chi connectivity index (χ1n) is 13.4. The number of rotatable bonds is 2. The zero-order valence-corrected chi connectivity index (χ0v) is 21.4. The third-order valence-electron chi connectivity index (χ3n) is 7.99. The van der Waals surface area contributed by atoms with E-state index in [1.807, 2.05) is 30.3 Å². The van der Waals surface area contributed by atoms with Gasteiger partial charge in [-0.25, -0.2) is 9.97 Å². The average Bonchev–Trinajstić information content (AvgIpc) is 3.53. The van der Waals surface area contributed by atoms with Crippen molar-refractivity contribution in [2.75, 3.05) is 0 Å². The Morgan fingerprint density at radius 1 is 0.525 bits per heavy atom.